The van der Waals surface area contributed by atoms with Crippen LogP contribution in [0.2, 0.25) is 5.02 Å². The Morgan fingerprint density at radius 1 is 0.971 bits per heavy atom. The molecular weight excluding hydrogens is 480 g/mol. The van der Waals surface area contributed by atoms with Gasteiger partial charge in [-0.05, 0) is 54.7 Å². The zero-order valence-corrected chi connectivity index (χ0v) is 18.8. The fourth-order valence-corrected chi connectivity index (χ4v) is 3.28. The highest BCUT2D eigenvalue weighted by atomic mass is 35.5. The Bertz CT molecular complexity index is 1380. The van der Waals surface area contributed by atoms with Crippen LogP contribution in [0.25, 0.3) is 22.9 Å². The van der Waals surface area contributed by atoms with Crippen molar-refractivity contribution in [3.05, 3.63) is 93.5 Å². The SMILES string of the molecule is O=C(NNC(=S)Nc1cccc([N+](=O)[O-])c1)c1ccc(-c2nnc(-c3ccccc3Cl)o2)cc1. The molecule has 1 heterocycles. The van der Waals surface area contributed by atoms with Gasteiger partial charge >= 0.3 is 0 Å². The van der Waals surface area contributed by atoms with E-state index in [0.29, 0.717) is 27.4 Å². The number of nitro benzene ring substituents is 1. The van der Waals surface area contributed by atoms with E-state index in [0.717, 1.165) is 0 Å². The topological polar surface area (TPSA) is 135 Å². The van der Waals surface area contributed by atoms with Crippen LogP contribution in [0.1, 0.15) is 10.4 Å². The molecule has 0 aliphatic heterocycles. The first-order valence-corrected chi connectivity index (χ1v) is 10.5. The van der Waals surface area contributed by atoms with Crippen LogP contribution in [0.4, 0.5) is 11.4 Å². The van der Waals surface area contributed by atoms with Crippen LogP contribution < -0.4 is 16.2 Å². The number of hydrogen-bond acceptors (Lipinski definition) is 7. The summed E-state index contributed by atoms with van der Waals surface area (Å²) >= 11 is 11.3. The molecule has 0 saturated carbocycles. The van der Waals surface area contributed by atoms with E-state index in [1.54, 1.807) is 48.5 Å². The van der Waals surface area contributed by atoms with Crippen molar-refractivity contribution in [2.45, 2.75) is 0 Å². The van der Waals surface area contributed by atoms with Crippen molar-refractivity contribution in [3.63, 3.8) is 0 Å². The Kier molecular flexibility index (Phi) is 6.76. The Morgan fingerprint density at radius 2 is 1.71 bits per heavy atom. The van der Waals surface area contributed by atoms with E-state index in [-0.39, 0.29) is 22.6 Å². The first-order valence-electron chi connectivity index (χ1n) is 9.71. The third-order valence-electron chi connectivity index (χ3n) is 4.53. The molecule has 3 aromatic carbocycles. The summed E-state index contributed by atoms with van der Waals surface area (Å²) in [7, 11) is 0. The highest BCUT2D eigenvalue weighted by molar-refractivity contribution is 7.80. The standard InChI is InChI=1S/C22H15ClN6O4S/c23-18-7-2-1-6-17(18)21-27-26-20(33-21)14-10-8-13(9-11-14)19(30)25-28-22(34)24-15-4-3-5-16(12-15)29(31)32/h1-12H,(H,25,30)(H2,24,28,34). The smallest absolute Gasteiger partial charge is 0.271 e. The lowest BCUT2D eigenvalue weighted by Crippen LogP contribution is -2.43. The molecule has 0 fully saturated rings. The number of aromatic nitrogens is 2. The van der Waals surface area contributed by atoms with Crippen LogP contribution in [-0.4, -0.2) is 26.1 Å². The second-order valence-corrected chi connectivity index (χ2v) is 7.63. The van der Waals surface area contributed by atoms with Crippen molar-refractivity contribution in [2.24, 2.45) is 0 Å². The molecule has 4 rings (SSSR count). The molecule has 12 heteroatoms. The summed E-state index contributed by atoms with van der Waals surface area (Å²) in [6, 6.07) is 19.4. The van der Waals surface area contributed by atoms with E-state index in [1.165, 1.54) is 18.2 Å². The average molecular weight is 495 g/mol. The van der Waals surface area contributed by atoms with Crippen LogP contribution in [0.3, 0.4) is 0 Å². The van der Waals surface area contributed by atoms with Gasteiger partial charge in [-0.3, -0.25) is 25.8 Å². The molecule has 0 spiro atoms. The summed E-state index contributed by atoms with van der Waals surface area (Å²) in [5, 5.41) is 22.2. The molecule has 0 bridgehead atoms. The van der Waals surface area contributed by atoms with E-state index in [4.69, 9.17) is 28.2 Å². The van der Waals surface area contributed by atoms with Crippen LogP contribution >= 0.6 is 23.8 Å². The van der Waals surface area contributed by atoms with Crippen molar-refractivity contribution < 1.29 is 14.1 Å². The van der Waals surface area contributed by atoms with Crippen LogP contribution in [0, 0.1) is 10.1 Å². The summed E-state index contributed by atoms with van der Waals surface area (Å²) in [6.45, 7) is 0. The largest absolute Gasteiger partial charge is 0.416 e. The quantitative estimate of drug-likeness (QED) is 0.206. The van der Waals surface area contributed by atoms with E-state index in [1.807, 2.05) is 6.07 Å². The van der Waals surface area contributed by atoms with Crippen molar-refractivity contribution >= 4 is 46.2 Å². The second kappa shape index (κ2) is 10.1. The number of anilines is 1. The Hall–Kier alpha value is -4.35. The lowest BCUT2D eigenvalue weighted by molar-refractivity contribution is -0.384. The van der Waals surface area contributed by atoms with Crippen LogP contribution in [0.15, 0.2) is 77.2 Å². The number of carbonyl (C=O) groups excluding carboxylic acids is 1. The zero-order valence-electron chi connectivity index (χ0n) is 17.2. The third-order valence-corrected chi connectivity index (χ3v) is 5.06. The number of halogens is 1. The molecular formula is C22H15ClN6O4S. The normalized spacial score (nSPS) is 10.4. The molecule has 0 aliphatic rings. The van der Waals surface area contributed by atoms with Crippen molar-refractivity contribution in [1.82, 2.24) is 21.0 Å². The van der Waals surface area contributed by atoms with Gasteiger partial charge in [0.15, 0.2) is 5.11 Å². The van der Waals surface area contributed by atoms with E-state index in [2.05, 4.69) is 26.4 Å². The summed E-state index contributed by atoms with van der Waals surface area (Å²) in [6.07, 6.45) is 0. The molecule has 1 amide bonds. The van der Waals surface area contributed by atoms with Gasteiger partial charge in [-0.1, -0.05) is 29.8 Å². The summed E-state index contributed by atoms with van der Waals surface area (Å²) in [5.74, 6) is 0.121. The van der Waals surface area contributed by atoms with Crippen LogP contribution in [-0.2, 0) is 0 Å². The Labute approximate surface area is 203 Å². The molecule has 34 heavy (non-hydrogen) atoms. The summed E-state index contributed by atoms with van der Waals surface area (Å²) in [5.41, 5.74) is 6.92. The number of carbonyl (C=O) groups is 1. The summed E-state index contributed by atoms with van der Waals surface area (Å²) < 4.78 is 5.71. The van der Waals surface area contributed by atoms with Gasteiger partial charge in [-0.25, -0.2) is 0 Å². The van der Waals surface area contributed by atoms with Crippen LogP contribution in [0.5, 0.6) is 0 Å². The van der Waals surface area contributed by atoms with E-state index in [9.17, 15) is 14.9 Å². The number of thiocarbonyl (C=S) groups is 1. The molecule has 0 saturated heterocycles. The van der Waals surface area contributed by atoms with Crippen molar-refractivity contribution in [2.75, 3.05) is 5.32 Å². The highest BCUT2D eigenvalue weighted by Crippen LogP contribution is 2.29. The third kappa shape index (κ3) is 5.34. The van der Waals surface area contributed by atoms with Gasteiger partial charge in [0.25, 0.3) is 11.6 Å². The fraction of sp³-hybridized carbons (Fsp3) is 0. The minimum absolute atomic E-state index is 0.0587. The van der Waals surface area contributed by atoms with Gasteiger partial charge in [-0.15, -0.1) is 10.2 Å². The molecule has 3 N–H and O–H groups in total. The van der Waals surface area contributed by atoms with Crippen molar-refractivity contribution in [3.8, 4) is 22.9 Å². The first kappa shape index (κ1) is 22.8. The van der Waals surface area contributed by atoms with Gasteiger partial charge in [0.2, 0.25) is 11.8 Å². The number of rotatable bonds is 5. The number of hydrogen-bond donors (Lipinski definition) is 3. The fourth-order valence-electron chi connectivity index (χ4n) is 2.89. The Balaban J connectivity index is 1.35. The molecule has 170 valence electrons. The molecule has 0 unspecified atom stereocenters. The van der Waals surface area contributed by atoms with Gasteiger partial charge in [0.1, 0.15) is 0 Å². The predicted molar refractivity (Wildman–Crippen MR) is 130 cm³/mol. The minimum atomic E-state index is -0.515. The lowest BCUT2D eigenvalue weighted by Gasteiger charge is -2.11. The number of non-ortho nitro benzene ring substituents is 1. The molecule has 0 atom stereocenters. The zero-order chi connectivity index (χ0) is 24.1. The second-order valence-electron chi connectivity index (χ2n) is 6.81. The number of nitrogens with one attached hydrogen (secondary N) is 3. The number of nitro groups is 1. The van der Waals surface area contributed by atoms with E-state index >= 15 is 0 Å². The molecule has 0 radical (unpaired) electrons. The highest BCUT2D eigenvalue weighted by Gasteiger charge is 2.14. The molecule has 1 aromatic heterocycles. The number of benzene rings is 3. The Morgan fingerprint density at radius 3 is 2.44 bits per heavy atom. The number of amides is 1. The first-order chi connectivity index (χ1) is 16.4. The molecule has 10 nitrogen and oxygen atoms in total. The monoisotopic (exact) mass is 494 g/mol. The maximum Gasteiger partial charge on any atom is 0.271 e. The average Bonchev–Trinajstić information content (AvgIpc) is 3.33. The van der Waals surface area contributed by atoms with Gasteiger partial charge < -0.3 is 9.73 Å². The number of hydrazine groups is 1. The van der Waals surface area contributed by atoms with E-state index < -0.39 is 10.8 Å². The van der Waals surface area contributed by atoms with Gasteiger partial charge in [0.05, 0.1) is 15.5 Å². The predicted octanol–water partition coefficient (Wildman–Crippen LogP) is 4.60. The van der Waals surface area contributed by atoms with Gasteiger partial charge in [-0.2, -0.15) is 0 Å². The summed E-state index contributed by atoms with van der Waals surface area (Å²) in [4.78, 5) is 22.7. The van der Waals surface area contributed by atoms with Gasteiger partial charge in [0, 0.05) is 28.9 Å². The minimum Gasteiger partial charge on any atom is -0.416 e. The molecule has 0 aliphatic carbocycles. The lowest BCUT2D eigenvalue weighted by atomic mass is 10.1. The molecule has 4 aromatic rings. The number of nitrogens with zero attached hydrogens (tertiary/aromatic N) is 3. The van der Waals surface area contributed by atoms with Crippen molar-refractivity contribution in [1.29, 1.82) is 0 Å². The maximum atomic E-state index is 12.4. The maximum absolute atomic E-state index is 12.4.